The molecule has 2 N–H and O–H groups in total. The first-order valence-corrected chi connectivity index (χ1v) is 6.45. The first-order chi connectivity index (χ1) is 8.96. The first-order valence-electron chi connectivity index (χ1n) is 6.45. The number of methoxy groups -OCH3 is 1. The molecule has 19 heavy (non-hydrogen) atoms. The molecule has 1 aromatic rings. The standard InChI is InChI=1S/C13H25N5O/c1-11-8-17-18(9-11)7-6-15-12(14-4)16-10-13(2,3)19-5/h8-9H,6-7,10H2,1-5H3,(H2,14,15,16). The zero-order chi connectivity index (χ0) is 14.3. The van der Waals surface area contributed by atoms with Crippen molar-refractivity contribution in [2.24, 2.45) is 4.99 Å². The average molecular weight is 267 g/mol. The van der Waals surface area contributed by atoms with Crippen LogP contribution in [0.15, 0.2) is 17.4 Å². The summed E-state index contributed by atoms with van der Waals surface area (Å²) in [5, 5.41) is 10.7. The Hall–Kier alpha value is -1.56. The molecule has 0 atom stereocenters. The second kappa shape index (κ2) is 7.13. The van der Waals surface area contributed by atoms with Crippen LogP contribution in [-0.2, 0) is 11.3 Å². The van der Waals surface area contributed by atoms with E-state index in [9.17, 15) is 0 Å². The van der Waals surface area contributed by atoms with Crippen molar-refractivity contribution in [3.8, 4) is 0 Å². The Morgan fingerprint density at radius 1 is 1.47 bits per heavy atom. The lowest BCUT2D eigenvalue weighted by molar-refractivity contribution is 0.0268. The maximum absolute atomic E-state index is 5.35. The van der Waals surface area contributed by atoms with Gasteiger partial charge >= 0.3 is 0 Å². The fourth-order valence-corrected chi connectivity index (χ4v) is 1.47. The molecule has 0 saturated carbocycles. The Morgan fingerprint density at radius 2 is 2.21 bits per heavy atom. The molecule has 0 saturated heterocycles. The summed E-state index contributed by atoms with van der Waals surface area (Å²) in [5.74, 6) is 0.772. The summed E-state index contributed by atoms with van der Waals surface area (Å²) in [6, 6.07) is 0. The summed E-state index contributed by atoms with van der Waals surface area (Å²) in [4.78, 5) is 4.17. The lowest BCUT2D eigenvalue weighted by Gasteiger charge is -2.24. The van der Waals surface area contributed by atoms with Crippen molar-refractivity contribution in [2.75, 3.05) is 27.2 Å². The van der Waals surface area contributed by atoms with Gasteiger partial charge < -0.3 is 15.4 Å². The number of ether oxygens (including phenoxy) is 1. The van der Waals surface area contributed by atoms with Gasteiger partial charge in [-0.2, -0.15) is 5.10 Å². The quantitative estimate of drug-likeness (QED) is 0.590. The van der Waals surface area contributed by atoms with Crippen LogP contribution < -0.4 is 10.6 Å². The molecule has 0 fully saturated rings. The molecule has 0 aliphatic carbocycles. The third-order valence-electron chi connectivity index (χ3n) is 2.85. The second-order valence-corrected chi connectivity index (χ2v) is 5.10. The molecule has 0 radical (unpaired) electrons. The van der Waals surface area contributed by atoms with E-state index in [2.05, 4.69) is 20.7 Å². The van der Waals surface area contributed by atoms with Crippen LogP contribution in [0.25, 0.3) is 0 Å². The van der Waals surface area contributed by atoms with Gasteiger partial charge in [0.15, 0.2) is 5.96 Å². The van der Waals surface area contributed by atoms with Gasteiger partial charge in [0.25, 0.3) is 0 Å². The lowest BCUT2D eigenvalue weighted by Crippen LogP contribution is -2.45. The largest absolute Gasteiger partial charge is 0.377 e. The molecule has 108 valence electrons. The van der Waals surface area contributed by atoms with E-state index in [-0.39, 0.29) is 5.60 Å². The monoisotopic (exact) mass is 267 g/mol. The molecule has 0 aliphatic heterocycles. The van der Waals surface area contributed by atoms with Gasteiger partial charge in [-0.1, -0.05) is 0 Å². The Morgan fingerprint density at radius 3 is 2.74 bits per heavy atom. The zero-order valence-corrected chi connectivity index (χ0v) is 12.5. The maximum atomic E-state index is 5.35. The van der Waals surface area contributed by atoms with E-state index >= 15 is 0 Å². The third-order valence-corrected chi connectivity index (χ3v) is 2.85. The summed E-state index contributed by atoms with van der Waals surface area (Å²) in [6.07, 6.45) is 3.88. The SMILES string of the molecule is CN=C(NCCn1cc(C)cn1)NCC(C)(C)OC. The van der Waals surface area contributed by atoms with Crippen LogP contribution >= 0.6 is 0 Å². The number of aryl methyl sites for hydroxylation is 1. The van der Waals surface area contributed by atoms with Crippen molar-refractivity contribution in [3.05, 3.63) is 18.0 Å². The Balaban J connectivity index is 2.30. The van der Waals surface area contributed by atoms with Gasteiger partial charge in [0.1, 0.15) is 0 Å². The molecule has 0 unspecified atom stereocenters. The lowest BCUT2D eigenvalue weighted by atomic mass is 10.1. The summed E-state index contributed by atoms with van der Waals surface area (Å²) in [7, 11) is 3.46. The Bertz CT molecular complexity index is 411. The fourth-order valence-electron chi connectivity index (χ4n) is 1.47. The van der Waals surface area contributed by atoms with Gasteiger partial charge in [0.2, 0.25) is 0 Å². The van der Waals surface area contributed by atoms with Crippen molar-refractivity contribution in [1.82, 2.24) is 20.4 Å². The summed E-state index contributed by atoms with van der Waals surface area (Å²) in [6.45, 7) is 8.37. The van der Waals surface area contributed by atoms with Crippen molar-refractivity contribution in [1.29, 1.82) is 0 Å². The van der Waals surface area contributed by atoms with Gasteiger partial charge in [0.05, 0.1) is 18.3 Å². The number of nitrogens with one attached hydrogen (secondary N) is 2. The predicted molar refractivity (Wildman–Crippen MR) is 77.4 cm³/mol. The van der Waals surface area contributed by atoms with Crippen LogP contribution in [0, 0.1) is 6.92 Å². The van der Waals surface area contributed by atoms with Gasteiger partial charge in [-0.3, -0.25) is 9.67 Å². The van der Waals surface area contributed by atoms with Crippen LogP contribution in [0.2, 0.25) is 0 Å². The minimum atomic E-state index is -0.212. The fraction of sp³-hybridized carbons (Fsp3) is 0.692. The van der Waals surface area contributed by atoms with Crippen LogP contribution in [0.5, 0.6) is 0 Å². The van der Waals surface area contributed by atoms with E-state index in [1.165, 1.54) is 5.56 Å². The van der Waals surface area contributed by atoms with Gasteiger partial charge in [-0.25, -0.2) is 0 Å². The van der Waals surface area contributed by atoms with Gasteiger partial charge in [-0.15, -0.1) is 0 Å². The second-order valence-electron chi connectivity index (χ2n) is 5.10. The van der Waals surface area contributed by atoms with E-state index < -0.39 is 0 Å². The first kappa shape index (κ1) is 15.5. The molecule has 0 amide bonds. The summed E-state index contributed by atoms with van der Waals surface area (Å²) >= 11 is 0. The molecule has 1 aromatic heterocycles. The van der Waals surface area contributed by atoms with Crippen LogP contribution in [0.4, 0.5) is 0 Å². The number of hydrogen-bond acceptors (Lipinski definition) is 3. The molecule has 0 aliphatic rings. The van der Waals surface area contributed by atoms with Gasteiger partial charge in [-0.05, 0) is 26.3 Å². The molecule has 6 heteroatoms. The maximum Gasteiger partial charge on any atom is 0.191 e. The van der Waals surface area contributed by atoms with Crippen LogP contribution in [0.3, 0.4) is 0 Å². The molecule has 1 heterocycles. The van der Waals surface area contributed by atoms with E-state index in [1.807, 2.05) is 37.8 Å². The highest BCUT2D eigenvalue weighted by molar-refractivity contribution is 5.79. The van der Waals surface area contributed by atoms with Crippen molar-refractivity contribution >= 4 is 5.96 Å². The summed E-state index contributed by atoms with van der Waals surface area (Å²) < 4.78 is 7.26. The van der Waals surface area contributed by atoms with Gasteiger partial charge in [0, 0.05) is 33.4 Å². The molecule has 6 nitrogen and oxygen atoms in total. The molecule has 1 rings (SSSR count). The molecular formula is C13H25N5O. The molecular weight excluding hydrogens is 242 g/mol. The number of aromatic nitrogens is 2. The number of guanidine groups is 1. The number of aliphatic imine (C=N–C) groups is 1. The Kier molecular flexibility index (Phi) is 5.82. The van der Waals surface area contributed by atoms with Crippen LogP contribution in [0.1, 0.15) is 19.4 Å². The molecule has 0 bridgehead atoms. The van der Waals surface area contributed by atoms with E-state index in [0.717, 1.165) is 19.0 Å². The smallest absolute Gasteiger partial charge is 0.191 e. The third kappa shape index (κ3) is 5.74. The highest BCUT2D eigenvalue weighted by Gasteiger charge is 2.16. The summed E-state index contributed by atoms with van der Waals surface area (Å²) in [5.41, 5.74) is 0.959. The Labute approximate surface area is 115 Å². The number of nitrogens with zero attached hydrogens (tertiary/aromatic N) is 3. The topological polar surface area (TPSA) is 63.5 Å². The molecule has 0 spiro atoms. The minimum absolute atomic E-state index is 0.212. The van der Waals surface area contributed by atoms with Crippen molar-refractivity contribution in [3.63, 3.8) is 0 Å². The number of rotatable bonds is 6. The normalized spacial score (nSPS) is 12.6. The van der Waals surface area contributed by atoms with E-state index in [0.29, 0.717) is 6.54 Å². The highest BCUT2D eigenvalue weighted by atomic mass is 16.5. The molecule has 0 aromatic carbocycles. The average Bonchev–Trinajstić information content (AvgIpc) is 2.79. The predicted octanol–water partition coefficient (Wildman–Crippen LogP) is 0.782. The van der Waals surface area contributed by atoms with Crippen LogP contribution in [-0.4, -0.2) is 48.6 Å². The van der Waals surface area contributed by atoms with Crippen molar-refractivity contribution in [2.45, 2.75) is 32.9 Å². The zero-order valence-electron chi connectivity index (χ0n) is 12.5. The highest BCUT2D eigenvalue weighted by Crippen LogP contribution is 2.04. The minimum Gasteiger partial charge on any atom is -0.377 e. The van der Waals surface area contributed by atoms with Crippen molar-refractivity contribution < 1.29 is 4.74 Å². The number of hydrogen-bond donors (Lipinski definition) is 2. The van der Waals surface area contributed by atoms with E-state index in [4.69, 9.17) is 4.74 Å². The van der Waals surface area contributed by atoms with E-state index in [1.54, 1.807) is 14.2 Å².